The van der Waals surface area contributed by atoms with Crippen LogP contribution in [0.4, 0.5) is 0 Å². The number of hydrogen-bond acceptors (Lipinski definition) is 1. The first-order chi connectivity index (χ1) is 6.33. The van der Waals surface area contributed by atoms with E-state index in [9.17, 15) is 0 Å². The second-order valence-corrected chi connectivity index (χ2v) is 2.61. The fourth-order valence-electron chi connectivity index (χ4n) is 0.598. The minimum Gasteiger partial charge on any atom is -0.382 e. The Balaban J connectivity index is -0.000000169. The van der Waals surface area contributed by atoms with Gasteiger partial charge in [-0.05, 0) is 13.3 Å². The predicted molar refractivity (Wildman–Crippen MR) is 63.3 cm³/mol. The monoisotopic (exact) mass is 190 g/mol. The second-order valence-electron chi connectivity index (χ2n) is 2.61. The molecular weight excluding hydrogens is 160 g/mol. The average Bonchev–Trinajstić information content (AvgIpc) is 2.17. The van der Waals surface area contributed by atoms with Gasteiger partial charge in [-0.2, -0.15) is 0 Å². The van der Waals surface area contributed by atoms with Gasteiger partial charge in [0.1, 0.15) is 0 Å². The maximum absolute atomic E-state index is 5.14. The van der Waals surface area contributed by atoms with Crippen molar-refractivity contribution in [2.45, 2.75) is 67.2 Å². The summed E-state index contributed by atoms with van der Waals surface area (Å²) in [5, 5.41) is 0. The van der Waals surface area contributed by atoms with Crippen LogP contribution in [-0.2, 0) is 4.74 Å². The van der Waals surface area contributed by atoms with Crippen LogP contribution in [0.2, 0.25) is 0 Å². The zero-order chi connectivity index (χ0) is 10.9. The molecule has 84 valence electrons. The van der Waals surface area contributed by atoms with Crippen molar-refractivity contribution in [1.29, 1.82) is 0 Å². The Labute approximate surface area is 85.9 Å². The second kappa shape index (κ2) is 29.7. The van der Waals surface area contributed by atoms with E-state index in [-0.39, 0.29) is 0 Å². The molecular formula is C12H30O. The molecule has 1 nitrogen and oxygen atoms in total. The van der Waals surface area contributed by atoms with Crippen LogP contribution in [-0.4, -0.2) is 13.2 Å². The number of ether oxygens (including phenoxy) is 1. The summed E-state index contributed by atoms with van der Waals surface area (Å²) >= 11 is 0. The SMILES string of the molecule is CC.CCC.CCCCCOCC. The van der Waals surface area contributed by atoms with Crippen molar-refractivity contribution < 1.29 is 4.74 Å². The van der Waals surface area contributed by atoms with Gasteiger partial charge >= 0.3 is 0 Å². The molecule has 0 aromatic heterocycles. The molecule has 0 bridgehead atoms. The minimum absolute atomic E-state index is 0.865. The first-order valence-electron chi connectivity index (χ1n) is 5.91. The van der Waals surface area contributed by atoms with Crippen LogP contribution >= 0.6 is 0 Å². The topological polar surface area (TPSA) is 9.23 Å². The highest BCUT2D eigenvalue weighted by Crippen LogP contribution is 1.92. The van der Waals surface area contributed by atoms with Gasteiger partial charge < -0.3 is 4.74 Å². The molecule has 0 heterocycles. The maximum Gasteiger partial charge on any atom is 0.0465 e. The van der Waals surface area contributed by atoms with Crippen molar-refractivity contribution in [2.75, 3.05) is 13.2 Å². The molecule has 0 unspecified atom stereocenters. The lowest BCUT2D eigenvalue weighted by atomic mass is 10.3. The third-order valence-electron chi connectivity index (χ3n) is 1.10. The Bertz CT molecular complexity index is 38.4. The lowest BCUT2D eigenvalue weighted by Gasteiger charge is -1.96. The van der Waals surface area contributed by atoms with Crippen LogP contribution in [0.25, 0.3) is 0 Å². The molecule has 0 rings (SSSR count). The highest BCUT2D eigenvalue weighted by Gasteiger charge is 1.82. The van der Waals surface area contributed by atoms with Gasteiger partial charge in [-0.1, -0.05) is 53.9 Å². The van der Waals surface area contributed by atoms with Crippen molar-refractivity contribution >= 4 is 0 Å². The number of unbranched alkanes of at least 4 members (excludes halogenated alkanes) is 2. The molecule has 1 heteroatoms. The molecule has 0 aromatic rings. The third kappa shape index (κ3) is 48.2. The van der Waals surface area contributed by atoms with E-state index < -0.39 is 0 Å². The molecule has 13 heavy (non-hydrogen) atoms. The average molecular weight is 190 g/mol. The molecule has 0 saturated carbocycles. The number of hydrogen-bond donors (Lipinski definition) is 0. The Hall–Kier alpha value is -0.0400. The molecule has 0 aliphatic carbocycles. The standard InChI is InChI=1S/C7H16O.C3H8.C2H6/c1-3-5-6-7-8-4-2;1-3-2;1-2/h3-7H2,1-2H3;3H2,1-2H3;1-2H3. The Morgan fingerprint density at radius 1 is 0.846 bits per heavy atom. The van der Waals surface area contributed by atoms with Crippen molar-refractivity contribution in [3.63, 3.8) is 0 Å². The van der Waals surface area contributed by atoms with Crippen molar-refractivity contribution in [2.24, 2.45) is 0 Å². The molecule has 0 amide bonds. The van der Waals surface area contributed by atoms with Gasteiger partial charge in [0.15, 0.2) is 0 Å². The highest BCUT2D eigenvalue weighted by atomic mass is 16.5. The maximum atomic E-state index is 5.14. The summed E-state index contributed by atoms with van der Waals surface area (Å²) < 4.78 is 5.14. The molecule has 0 aliphatic heterocycles. The van der Waals surface area contributed by atoms with Crippen LogP contribution in [0, 0.1) is 0 Å². The summed E-state index contributed by atoms with van der Waals surface area (Å²) in [5.41, 5.74) is 0. The quantitative estimate of drug-likeness (QED) is 0.573. The van der Waals surface area contributed by atoms with E-state index in [0.29, 0.717) is 0 Å². The van der Waals surface area contributed by atoms with Crippen LogP contribution in [0.3, 0.4) is 0 Å². The summed E-state index contributed by atoms with van der Waals surface area (Å²) in [7, 11) is 0. The first-order valence-corrected chi connectivity index (χ1v) is 5.91. The zero-order valence-electron chi connectivity index (χ0n) is 10.7. The van der Waals surface area contributed by atoms with Crippen LogP contribution < -0.4 is 0 Å². The molecule has 0 atom stereocenters. The fourth-order valence-corrected chi connectivity index (χ4v) is 0.598. The summed E-state index contributed by atoms with van der Waals surface area (Å²) in [6.45, 7) is 14.3. The van der Waals surface area contributed by atoms with Gasteiger partial charge in [0.2, 0.25) is 0 Å². The molecule has 0 spiro atoms. The minimum atomic E-state index is 0.865. The Morgan fingerprint density at radius 3 is 1.62 bits per heavy atom. The van der Waals surface area contributed by atoms with Crippen LogP contribution in [0.1, 0.15) is 67.2 Å². The molecule has 0 N–H and O–H groups in total. The van der Waals surface area contributed by atoms with Crippen molar-refractivity contribution in [3.05, 3.63) is 0 Å². The fraction of sp³-hybridized carbons (Fsp3) is 1.00. The van der Waals surface area contributed by atoms with Gasteiger partial charge in [0.25, 0.3) is 0 Å². The summed E-state index contributed by atoms with van der Waals surface area (Å²) in [5.74, 6) is 0. The van der Waals surface area contributed by atoms with Gasteiger partial charge in [0, 0.05) is 13.2 Å². The first kappa shape index (κ1) is 18.7. The molecule has 0 saturated heterocycles. The van der Waals surface area contributed by atoms with E-state index in [2.05, 4.69) is 20.8 Å². The van der Waals surface area contributed by atoms with Crippen LogP contribution in [0.15, 0.2) is 0 Å². The summed E-state index contributed by atoms with van der Waals surface area (Å²) in [6.07, 6.45) is 5.07. The van der Waals surface area contributed by atoms with Gasteiger partial charge in [0.05, 0.1) is 0 Å². The molecule has 0 aliphatic rings. The van der Waals surface area contributed by atoms with Gasteiger partial charge in [-0.15, -0.1) is 0 Å². The molecule has 0 radical (unpaired) electrons. The van der Waals surface area contributed by atoms with E-state index in [0.717, 1.165) is 13.2 Å². The van der Waals surface area contributed by atoms with Crippen molar-refractivity contribution in [3.8, 4) is 0 Å². The third-order valence-corrected chi connectivity index (χ3v) is 1.10. The van der Waals surface area contributed by atoms with Gasteiger partial charge in [-0.25, -0.2) is 0 Å². The Kier molecular flexibility index (Phi) is 42.6. The summed E-state index contributed by atoms with van der Waals surface area (Å²) in [6, 6.07) is 0. The van der Waals surface area contributed by atoms with E-state index in [4.69, 9.17) is 4.74 Å². The predicted octanol–water partition coefficient (Wildman–Crippen LogP) is 4.66. The lowest BCUT2D eigenvalue weighted by molar-refractivity contribution is 0.143. The van der Waals surface area contributed by atoms with E-state index in [1.807, 2.05) is 20.8 Å². The van der Waals surface area contributed by atoms with E-state index in [1.54, 1.807) is 0 Å². The van der Waals surface area contributed by atoms with Crippen molar-refractivity contribution in [1.82, 2.24) is 0 Å². The van der Waals surface area contributed by atoms with Crippen LogP contribution in [0.5, 0.6) is 0 Å². The summed E-state index contributed by atoms with van der Waals surface area (Å²) in [4.78, 5) is 0. The molecule has 0 aromatic carbocycles. The van der Waals surface area contributed by atoms with Gasteiger partial charge in [-0.3, -0.25) is 0 Å². The Morgan fingerprint density at radius 2 is 1.31 bits per heavy atom. The number of rotatable bonds is 5. The highest BCUT2D eigenvalue weighted by molar-refractivity contribution is 4.34. The normalized spacial score (nSPS) is 7.85. The van der Waals surface area contributed by atoms with E-state index in [1.165, 1.54) is 25.7 Å². The lowest BCUT2D eigenvalue weighted by Crippen LogP contribution is -1.91. The smallest absolute Gasteiger partial charge is 0.0465 e. The zero-order valence-corrected chi connectivity index (χ0v) is 10.7. The molecule has 0 fully saturated rings. The largest absolute Gasteiger partial charge is 0.382 e. The van der Waals surface area contributed by atoms with E-state index >= 15 is 0 Å².